The molecule has 0 aliphatic carbocycles. The third-order valence-corrected chi connectivity index (χ3v) is 3.53. The van der Waals surface area contributed by atoms with Crippen LogP contribution in [0.3, 0.4) is 0 Å². The molecule has 0 radical (unpaired) electrons. The molecule has 90 valence electrons. The summed E-state index contributed by atoms with van der Waals surface area (Å²) in [6.07, 6.45) is -2.48. The first-order valence-electron chi connectivity index (χ1n) is 4.95. The fourth-order valence-electron chi connectivity index (χ4n) is 1.71. The van der Waals surface area contributed by atoms with Gasteiger partial charge in [0.1, 0.15) is 9.88 Å². The molecule has 1 aromatic rings. The van der Waals surface area contributed by atoms with Crippen molar-refractivity contribution in [2.45, 2.75) is 25.2 Å². The van der Waals surface area contributed by atoms with Gasteiger partial charge in [0.25, 0.3) is 0 Å². The van der Waals surface area contributed by atoms with E-state index in [2.05, 4.69) is 4.98 Å². The quantitative estimate of drug-likeness (QED) is 0.869. The summed E-state index contributed by atoms with van der Waals surface area (Å²) in [5.74, 6) is 0. The predicted molar refractivity (Wildman–Crippen MR) is 55.0 cm³/mol. The van der Waals surface area contributed by atoms with Crippen LogP contribution in [0.1, 0.15) is 16.3 Å². The second-order valence-electron chi connectivity index (χ2n) is 3.90. The number of nitrogens with zero attached hydrogens (tertiary/aromatic N) is 2. The minimum absolute atomic E-state index is 0.141. The smallest absolute Gasteiger partial charge is 0.326 e. The summed E-state index contributed by atoms with van der Waals surface area (Å²) in [6.45, 7) is 2.04. The van der Waals surface area contributed by atoms with Gasteiger partial charge in [0.05, 0.1) is 12.7 Å². The number of halogens is 3. The number of hydrogen-bond acceptors (Lipinski definition) is 4. The van der Waals surface area contributed by atoms with E-state index in [4.69, 9.17) is 5.73 Å². The van der Waals surface area contributed by atoms with Crippen molar-refractivity contribution in [3.63, 3.8) is 0 Å². The van der Waals surface area contributed by atoms with Gasteiger partial charge in [-0.15, -0.1) is 11.3 Å². The maximum Gasteiger partial charge on any atom is 0.427 e. The molecule has 3 nitrogen and oxygen atoms in total. The van der Waals surface area contributed by atoms with Crippen LogP contribution in [0.4, 0.5) is 13.2 Å². The van der Waals surface area contributed by atoms with E-state index in [0.717, 1.165) is 25.7 Å². The highest BCUT2D eigenvalue weighted by atomic mass is 32.1. The van der Waals surface area contributed by atoms with Crippen LogP contribution >= 0.6 is 11.3 Å². The minimum atomic E-state index is -4.28. The van der Waals surface area contributed by atoms with E-state index in [-0.39, 0.29) is 6.04 Å². The largest absolute Gasteiger partial charge is 0.427 e. The predicted octanol–water partition coefficient (Wildman–Crippen LogP) is 1.69. The monoisotopic (exact) mass is 251 g/mol. The van der Waals surface area contributed by atoms with Gasteiger partial charge >= 0.3 is 6.18 Å². The van der Waals surface area contributed by atoms with E-state index in [1.165, 1.54) is 0 Å². The molecule has 2 rings (SSSR count). The van der Waals surface area contributed by atoms with E-state index in [1.807, 2.05) is 4.90 Å². The Labute approximate surface area is 95.1 Å². The van der Waals surface area contributed by atoms with Crippen molar-refractivity contribution < 1.29 is 13.2 Å². The summed E-state index contributed by atoms with van der Waals surface area (Å²) >= 11 is 0.709. The number of likely N-dealkylation sites (tertiary alicyclic amines) is 1. The minimum Gasteiger partial charge on any atom is -0.326 e. The van der Waals surface area contributed by atoms with Crippen LogP contribution in [0.25, 0.3) is 0 Å². The van der Waals surface area contributed by atoms with Crippen LogP contribution in [-0.2, 0) is 12.7 Å². The number of hydrogen-bond donors (Lipinski definition) is 1. The van der Waals surface area contributed by atoms with E-state index in [1.54, 1.807) is 0 Å². The SMILES string of the molecule is NC1CCN(Cc2ncc(C(F)(F)F)s2)C1. The molecule has 0 bridgehead atoms. The van der Waals surface area contributed by atoms with Gasteiger partial charge in [-0.2, -0.15) is 13.2 Å². The summed E-state index contributed by atoms with van der Waals surface area (Å²) < 4.78 is 36.9. The topological polar surface area (TPSA) is 42.1 Å². The van der Waals surface area contributed by atoms with E-state index in [0.29, 0.717) is 22.9 Å². The fraction of sp³-hybridized carbons (Fsp3) is 0.667. The highest BCUT2D eigenvalue weighted by Gasteiger charge is 2.33. The van der Waals surface area contributed by atoms with Crippen molar-refractivity contribution in [1.82, 2.24) is 9.88 Å². The number of alkyl halides is 3. The van der Waals surface area contributed by atoms with Gasteiger partial charge in [0, 0.05) is 19.1 Å². The Morgan fingerprint density at radius 3 is 2.81 bits per heavy atom. The molecule has 1 atom stereocenters. The lowest BCUT2D eigenvalue weighted by Gasteiger charge is -2.12. The van der Waals surface area contributed by atoms with Crippen LogP contribution < -0.4 is 5.73 Å². The zero-order valence-corrected chi connectivity index (χ0v) is 9.31. The Hall–Kier alpha value is -0.660. The lowest BCUT2D eigenvalue weighted by molar-refractivity contribution is -0.134. The van der Waals surface area contributed by atoms with Crippen LogP contribution in [0.15, 0.2) is 6.20 Å². The standard InChI is InChI=1S/C9H12F3N3S/c10-9(11,12)7-3-14-8(16-7)5-15-2-1-6(13)4-15/h3,6H,1-2,4-5,13H2. The van der Waals surface area contributed by atoms with Gasteiger partial charge < -0.3 is 5.73 Å². The van der Waals surface area contributed by atoms with Crippen LogP contribution in [0.5, 0.6) is 0 Å². The molecule has 2 heterocycles. The summed E-state index contributed by atoms with van der Waals surface area (Å²) in [4.78, 5) is 5.19. The first-order chi connectivity index (χ1) is 7.45. The maximum absolute atomic E-state index is 12.3. The lowest BCUT2D eigenvalue weighted by atomic mass is 10.3. The van der Waals surface area contributed by atoms with Crippen molar-refractivity contribution >= 4 is 11.3 Å². The van der Waals surface area contributed by atoms with Gasteiger partial charge in [-0.1, -0.05) is 0 Å². The Morgan fingerprint density at radius 2 is 2.31 bits per heavy atom. The Balaban J connectivity index is 1.98. The summed E-state index contributed by atoms with van der Waals surface area (Å²) in [7, 11) is 0. The van der Waals surface area contributed by atoms with E-state index in [9.17, 15) is 13.2 Å². The molecule has 7 heteroatoms. The van der Waals surface area contributed by atoms with E-state index < -0.39 is 11.1 Å². The number of aromatic nitrogens is 1. The molecule has 1 aliphatic heterocycles. The molecule has 16 heavy (non-hydrogen) atoms. The lowest BCUT2D eigenvalue weighted by Crippen LogP contribution is -2.26. The molecule has 1 unspecified atom stereocenters. The molecule has 1 fully saturated rings. The van der Waals surface area contributed by atoms with Crippen molar-refractivity contribution in [3.8, 4) is 0 Å². The number of nitrogens with two attached hydrogens (primary N) is 1. The third kappa shape index (κ3) is 2.72. The first kappa shape index (κ1) is 11.8. The van der Waals surface area contributed by atoms with Gasteiger partial charge in [-0.25, -0.2) is 4.98 Å². The summed E-state index contributed by atoms with van der Waals surface area (Å²) in [5, 5.41) is 0.501. The number of rotatable bonds is 2. The highest BCUT2D eigenvalue weighted by Crippen LogP contribution is 2.33. The van der Waals surface area contributed by atoms with Gasteiger partial charge in [0.15, 0.2) is 0 Å². The Morgan fingerprint density at radius 1 is 1.56 bits per heavy atom. The third-order valence-electron chi connectivity index (χ3n) is 2.50. The molecule has 0 saturated carbocycles. The normalized spacial score (nSPS) is 22.9. The van der Waals surface area contributed by atoms with Crippen LogP contribution in [-0.4, -0.2) is 29.0 Å². The highest BCUT2D eigenvalue weighted by molar-refractivity contribution is 7.11. The second-order valence-corrected chi connectivity index (χ2v) is 5.02. The molecular formula is C9H12F3N3S. The zero-order chi connectivity index (χ0) is 11.8. The average Bonchev–Trinajstić information content (AvgIpc) is 2.74. The Bertz CT molecular complexity index is 363. The van der Waals surface area contributed by atoms with Gasteiger partial charge in [-0.05, 0) is 6.42 Å². The van der Waals surface area contributed by atoms with Crippen LogP contribution in [0.2, 0.25) is 0 Å². The van der Waals surface area contributed by atoms with Crippen molar-refractivity contribution in [3.05, 3.63) is 16.1 Å². The Kier molecular flexibility index (Phi) is 3.18. The molecule has 0 amide bonds. The number of thiazole rings is 1. The molecular weight excluding hydrogens is 239 g/mol. The maximum atomic E-state index is 12.3. The van der Waals surface area contributed by atoms with Gasteiger partial charge in [0.2, 0.25) is 0 Å². The molecule has 2 N–H and O–H groups in total. The van der Waals surface area contributed by atoms with Crippen LogP contribution in [0, 0.1) is 0 Å². The zero-order valence-electron chi connectivity index (χ0n) is 8.50. The van der Waals surface area contributed by atoms with Gasteiger partial charge in [-0.3, -0.25) is 4.90 Å². The van der Waals surface area contributed by atoms with Crippen molar-refractivity contribution in [2.24, 2.45) is 5.73 Å². The molecule has 1 aliphatic rings. The molecule has 0 spiro atoms. The summed E-state index contributed by atoms with van der Waals surface area (Å²) in [5.41, 5.74) is 5.71. The molecule has 0 aromatic carbocycles. The first-order valence-corrected chi connectivity index (χ1v) is 5.76. The second kappa shape index (κ2) is 4.31. The van der Waals surface area contributed by atoms with E-state index >= 15 is 0 Å². The fourth-order valence-corrected chi connectivity index (χ4v) is 2.54. The van der Waals surface area contributed by atoms with Crippen molar-refractivity contribution in [1.29, 1.82) is 0 Å². The molecule has 1 aromatic heterocycles. The average molecular weight is 251 g/mol. The molecule has 1 saturated heterocycles. The summed E-state index contributed by atoms with van der Waals surface area (Å²) in [6, 6.07) is 0.141. The van der Waals surface area contributed by atoms with Crippen molar-refractivity contribution in [2.75, 3.05) is 13.1 Å².